The molecule has 0 aromatic heterocycles. The van der Waals surface area contributed by atoms with Crippen molar-refractivity contribution in [3.05, 3.63) is 35.9 Å². The van der Waals surface area contributed by atoms with Crippen molar-refractivity contribution in [3.8, 4) is 0 Å². The number of rotatable bonds is 7. The van der Waals surface area contributed by atoms with Crippen molar-refractivity contribution < 1.29 is 9.90 Å². The van der Waals surface area contributed by atoms with Gasteiger partial charge in [0.2, 0.25) is 0 Å². The Morgan fingerprint density at radius 2 is 2.00 bits per heavy atom. The minimum Gasteiger partial charge on any atom is -0.480 e. The summed E-state index contributed by atoms with van der Waals surface area (Å²) in [7, 11) is 0. The Hall–Kier alpha value is -1.35. The van der Waals surface area contributed by atoms with Gasteiger partial charge in [-0.1, -0.05) is 44.2 Å². The Kier molecular flexibility index (Phi) is 5.70. The number of carboxylic acids is 1. The molecule has 1 aromatic carbocycles. The first-order chi connectivity index (χ1) is 8.13. The van der Waals surface area contributed by atoms with E-state index in [4.69, 9.17) is 5.11 Å². The van der Waals surface area contributed by atoms with E-state index in [1.807, 2.05) is 30.0 Å². The molecule has 0 radical (unpaired) electrons. The molecule has 17 heavy (non-hydrogen) atoms. The largest absolute Gasteiger partial charge is 0.480 e. The summed E-state index contributed by atoms with van der Waals surface area (Å²) in [6, 6.07) is 10.3. The number of benzene rings is 1. The van der Waals surface area contributed by atoms with Crippen LogP contribution in [0.2, 0.25) is 0 Å². The maximum absolute atomic E-state index is 10.6. The molecular formula is C14H21NO2. The van der Waals surface area contributed by atoms with Crippen LogP contribution in [0.3, 0.4) is 0 Å². The highest BCUT2D eigenvalue weighted by Gasteiger charge is 2.10. The quantitative estimate of drug-likeness (QED) is 0.789. The number of hydrogen-bond acceptors (Lipinski definition) is 2. The zero-order chi connectivity index (χ0) is 12.7. The van der Waals surface area contributed by atoms with Gasteiger partial charge in [0.15, 0.2) is 0 Å². The van der Waals surface area contributed by atoms with E-state index in [1.165, 1.54) is 5.56 Å². The molecule has 0 fully saturated rings. The molecule has 0 heterocycles. The fraction of sp³-hybridized carbons (Fsp3) is 0.500. The average molecular weight is 235 g/mol. The lowest BCUT2D eigenvalue weighted by molar-refractivity contribution is -0.138. The van der Waals surface area contributed by atoms with Crippen LogP contribution in [0, 0.1) is 0 Å². The maximum atomic E-state index is 10.6. The van der Waals surface area contributed by atoms with Gasteiger partial charge in [-0.25, -0.2) is 0 Å². The van der Waals surface area contributed by atoms with E-state index in [0.717, 1.165) is 19.5 Å². The summed E-state index contributed by atoms with van der Waals surface area (Å²) in [5, 5.41) is 8.76. The standard InChI is InChI=1S/C14H21NO2/c1-3-15(11-14(16)17)10-9-12(2)13-7-5-4-6-8-13/h4-8,12H,3,9-11H2,1-2H3,(H,16,17). The fourth-order valence-corrected chi connectivity index (χ4v) is 1.86. The minimum absolute atomic E-state index is 0.137. The fourth-order valence-electron chi connectivity index (χ4n) is 1.86. The zero-order valence-corrected chi connectivity index (χ0v) is 10.6. The Bertz CT molecular complexity index is 337. The molecule has 0 bridgehead atoms. The summed E-state index contributed by atoms with van der Waals surface area (Å²) < 4.78 is 0. The second-order valence-corrected chi connectivity index (χ2v) is 4.36. The van der Waals surface area contributed by atoms with Crippen molar-refractivity contribution in [1.29, 1.82) is 0 Å². The van der Waals surface area contributed by atoms with E-state index in [-0.39, 0.29) is 6.54 Å². The third kappa shape index (κ3) is 5.00. The van der Waals surface area contributed by atoms with Gasteiger partial charge in [-0.2, -0.15) is 0 Å². The highest BCUT2D eigenvalue weighted by Crippen LogP contribution is 2.18. The molecule has 1 aromatic rings. The van der Waals surface area contributed by atoms with Crippen molar-refractivity contribution in [2.75, 3.05) is 19.6 Å². The first-order valence-corrected chi connectivity index (χ1v) is 6.12. The van der Waals surface area contributed by atoms with Crippen LogP contribution in [0.5, 0.6) is 0 Å². The minimum atomic E-state index is -0.751. The van der Waals surface area contributed by atoms with Gasteiger partial charge in [0.25, 0.3) is 0 Å². The van der Waals surface area contributed by atoms with Crippen LogP contribution in [-0.4, -0.2) is 35.6 Å². The predicted octanol–water partition coefficient (Wildman–Crippen LogP) is 2.59. The van der Waals surface area contributed by atoms with Crippen molar-refractivity contribution in [2.45, 2.75) is 26.2 Å². The van der Waals surface area contributed by atoms with Gasteiger partial charge in [0.1, 0.15) is 0 Å². The number of hydrogen-bond donors (Lipinski definition) is 1. The monoisotopic (exact) mass is 235 g/mol. The van der Waals surface area contributed by atoms with Crippen LogP contribution in [0.4, 0.5) is 0 Å². The smallest absolute Gasteiger partial charge is 0.317 e. The Morgan fingerprint density at radius 1 is 1.35 bits per heavy atom. The molecule has 3 nitrogen and oxygen atoms in total. The zero-order valence-electron chi connectivity index (χ0n) is 10.6. The highest BCUT2D eigenvalue weighted by atomic mass is 16.4. The molecule has 94 valence electrons. The second kappa shape index (κ2) is 7.07. The van der Waals surface area contributed by atoms with Crippen LogP contribution >= 0.6 is 0 Å². The van der Waals surface area contributed by atoms with E-state index < -0.39 is 5.97 Å². The predicted molar refractivity (Wildman–Crippen MR) is 69.2 cm³/mol. The third-order valence-electron chi connectivity index (χ3n) is 3.05. The molecule has 3 heteroatoms. The lowest BCUT2D eigenvalue weighted by Gasteiger charge is -2.20. The molecular weight excluding hydrogens is 214 g/mol. The molecule has 0 saturated heterocycles. The van der Waals surface area contributed by atoms with E-state index in [2.05, 4.69) is 19.1 Å². The normalized spacial score (nSPS) is 12.6. The van der Waals surface area contributed by atoms with Crippen molar-refractivity contribution in [1.82, 2.24) is 4.90 Å². The van der Waals surface area contributed by atoms with E-state index in [0.29, 0.717) is 5.92 Å². The van der Waals surface area contributed by atoms with Gasteiger partial charge >= 0.3 is 5.97 Å². The van der Waals surface area contributed by atoms with Gasteiger partial charge in [0.05, 0.1) is 6.54 Å². The molecule has 0 aliphatic carbocycles. The van der Waals surface area contributed by atoms with E-state index in [9.17, 15) is 4.79 Å². The average Bonchev–Trinajstić information content (AvgIpc) is 2.34. The van der Waals surface area contributed by atoms with Crippen molar-refractivity contribution in [2.24, 2.45) is 0 Å². The molecule has 1 atom stereocenters. The Labute approximate surface area is 103 Å². The summed E-state index contributed by atoms with van der Waals surface area (Å²) in [6.45, 7) is 5.94. The van der Waals surface area contributed by atoms with E-state index in [1.54, 1.807) is 0 Å². The van der Waals surface area contributed by atoms with E-state index >= 15 is 0 Å². The summed E-state index contributed by atoms with van der Waals surface area (Å²) in [6.07, 6.45) is 0.991. The lowest BCUT2D eigenvalue weighted by Crippen LogP contribution is -2.31. The summed E-state index contributed by atoms with van der Waals surface area (Å²) in [5.41, 5.74) is 1.32. The SMILES string of the molecule is CCN(CCC(C)c1ccccc1)CC(=O)O. The molecule has 0 spiro atoms. The molecule has 1 N–H and O–H groups in total. The summed E-state index contributed by atoms with van der Waals surface area (Å²) in [5.74, 6) is -0.279. The van der Waals surface area contributed by atoms with Gasteiger partial charge in [-0.3, -0.25) is 9.69 Å². The first-order valence-electron chi connectivity index (χ1n) is 6.12. The molecule has 0 amide bonds. The van der Waals surface area contributed by atoms with Crippen LogP contribution in [0.25, 0.3) is 0 Å². The van der Waals surface area contributed by atoms with Crippen LogP contribution in [0.15, 0.2) is 30.3 Å². The van der Waals surface area contributed by atoms with Crippen LogP contribution < -0.4 is 0 Å². The number of aliphatic carboxylic acids is 1. The first kappa shape index (κ1) is 13.7. The lowest BCUT2D eigenvalue weighted by atomic mass is 9.98. The number of carboxylic acid groups (broad SMARTS) is 1. The Balaban J connectivity index is 2.41. The van der Waals surface area contributed by atoms with Crippen molar-refractivity contribution >= 4 is 5.97 Å². The molecule has 1 unspecified atom stereocenters. The molecule has 0 aliphatic heterocycles. The third-order valence-corrected chi connectivity index (χ3v) is 3.05. The highest BCUT2D eigenvalue weighted by molar-refractivity contribution is 5.69. The summed E-state index contributed by atoms with van der Waals surface area (Å²) >= 11 is 0. The number of nitrogens with zero attached hydrogens (tertiary/aromatic N) is 1. The van der Waals surface area contributed by atoms with Crippen molar-refractivity contribution in [3.63, 3.8) is 0 Å². The Morgan fingerprint density at radius 3 is 2.53 bits per heavy atom. The molecule has 1 rings (SSSR count). The maximum Gasteiger partial charge on any atom is 0.317 e. The van der Waals surface area contributed by atoms with Crippen LogP contribution in [-0.2, 0) is 4.79 Å². The molecule has 0 saturated carbocycles. The van der Waals surface area contributed by atoms with Gasteiger partial charge < -0.3 is 5.11 Å². The molecule has 0 aliphatic rings. The van der Waals surface area contributed by atoms with Gasteiger partial charge in [0, 0.05) is 0 Å². The van der Waals surface area contributed by atoms with Gasteiger partial charge in [-0.05, 0) is 31.0 Å². The number of carbonyl (C=O) groups is 1. The van der Waals surface area contributed by atoms with Crippen LogP contribution in [0.1, 0.15) is 31.7 Å². The number of likely N-dealkylation sites (N-methyl/N-ethyl adjacent to an activating group) is 1. The topological polar surface area (TPSA) is 40.5 Å². The second-order valence-electron chi connectivity index (χ2n) is 4.36. The van der Waals surface area contributed by atoms with Gasteiger partial charge in [-0.15, -0.1) is 0 Å². The summed E-state index contributed by atoms with van der Waals surface area (Å²) in [4.78, 5) is 12.6.